The SMILES string of the molecule is CC(C)c1ccc2c(c1)[C@@H](N1C(=O)C=CC1=O)C[C@H]2C(C)C. The molecule has 1 aliphatic carbocycles. The molecule has 0 bridgehead atoms. The van der Waals surface area contributed by atoms with Gasteiger partial charge >= 0.3 is 0 Å². The van der Waals surface area contributed by atoms with Gasteiger partial charge in [0.15, 0.2) is 0 Å². The number of nitrogens with zero attached hydrogens (tertiary/aromatic N) is 1. The van der Waals surface area contributed by atoms with Crippen molar-refractivity contribution >= 4 is 11.8 Å². The fourth-order valence-corrected chi connectivity index (χ4v) is 3.67. The lowest BCUT2D eigenvalue weighted by atomic mass is 9.89. The minimum Gasteiger partial charge on any atom is -0.269 e. The standard InChI is InChI=1S/C19H23NO2/c1-11(2)13-5-6-14-15(12(3)4)10-17(16(14)9-13)20-18(21)7-8-19(20)22/h5-9,11-12,15,17H,10H2,1-4H3/t15-,17-/m0/s1. The molecular weight excluding hydrogens is 274 g/mol. The lowest BCUT2D eigenvalue weighted by Gasteiger charge is -2.24. The Bertz CT molecular complexity index is 639. The summed E-state index contributed by atoms with van der Waals surface area (Å²) in [4.78, 5) is 25.6. The van der Waals surface area contributed by atoms with Crippen LogP contribution in [0.4, 0.5) is 0 Å². The fraction of sp³-hybridized carbons (Fsp3) is 0.474. The van der Waals surface area contributed by atoms with Gasteiger partial charge in [0, 0.05) is 12.2 Å². The van der Waals surface area contributed by atoms with Crippen LogP contribution in [0.5, 0.6) is 0 Å². The molecule has 22 heavy (non-hydrogen) atoms. The van der Waals surface area contributed by atoms with Crippen molar-refractivity contribution in [3.05, 3.63) is 47.0 Å². The van der Waals surface area contributed by atoms with Gasteiger partial charge in [-0.1, -0.05) is 45.9 Å². The number of hydrogen-bond donors (Lipinski definition) is 0. The van der Waals surface area contributed by atoms with E-state index in [0.717, 1.165) is 12.0 Å². The van der Waals surface area contributed by atoms with Crippen molar-refractivity contribution < 1.29 is 9.59 Å². The number of imide groups is 1. The highest BCUT2D eigenvalue weighted by molar-refractivity contribution is 6.13. The van der Waals surface area contributed by atoms with Crippen molar-refractivity contribution in [3.63, 3.8) is 0 Å². The second-order valence-electron chi connectivity index (χ2n) is 7.02. The average Bonchev–Trinajstić information content (AvgIpc) is 2.99. The van der Waals surface area contributed by atoms with Gasteiger partial charge in [-0.15, -0.1) is 0 Å². The molecule has 0 saturated carbocycles. The van der Waals surface area contributed by atoms with Crippen molar-refractivity contribution in [2.75, 3.05) is 0 Å². The van der Waals surface area contributed by atoms with Gasteiger partial charge in [-0.25, -0.2) is 0 Å². The molecule has 1 aromatic carbocycles. The maximum absolute atomic E-state index is 12.1. The summed E-state index contributed by atoms with van der Waals surface area (Å²) in [6.45, 7) is 8.75. The summed E-state index contributed by atoms with van der Waals surface area (Å²) in [6, 6.07) is 6.48. The normalized spacial score (nSPS) is 24.0. The van der Waals surface area contributed by atoms with Gasteiger partial charge in [0.1, 0.15) is 0 Å². The summed E-state index contributed by atoms with van der Waals surface area (Å²) < 4.78 is 0. The van der Waals surface area contributed by atoms with Crippen LogP contribution in [-0.4, -0.2) is 16.7 Å². The van der Waals surface area contributed by atoms with E-state index in [1.807, 2.05) is 0 Å². The van der Waals surface area contributed by atoms with E-state index >= 15 is 0 Å². The van der Waals surface area contributed by atoms with E-state index in [1.165, 1.54) is 28.2 Å². The third-order valence-corrected chi connectivity index (χ3v) is 4.97. The molecule has 0 radical (unpaired) electrons. The predicted molar refractivity (Wildman–Crippen MR) is 86.5 cm³/mol. The molecule has 116 valence electrons. The second kappa shape index (κ2) is 5.38. The Hall–Kier alpha value is -1.90. The smallest absolute Gasteiger partial charge is 0.254 e. The number of amides is 2. The third kappa shape index (κ3) is 2.29. The summed E-state index contributed by atoms with van der Waals surface area (Å²) in [5.41, 5.74) is 3.73. The zero-order valence-electron chi connectivity index (χ0n) is 13.7. The van der Waals surface area contributed by atoms with Crippen molar-refractivity contribution in [3.8, 4) is 0 Å². The highest BCUT2D eigenvalue weighted by Crippen LogP contribution is 2.48. The van der Waals surface area contributed by atoms with Crippen LogP contribution in [0.2, 0.25) is 0 Å². The molecule has 3 heteroatoms. The number of carbonyl (C=O) groups excluding carboxylic acids is 2. The topological polar surface area (TPSA) is 37.4 Å². The quantitative estimate of drug-likeness (QED) is 0.793. The zero-order chi connectivity index (χ0) is 16.0. The summed E-state index contributed by atoms with van der Waals surface area (Å²) in [5.74, 6) is 0.976. The van der Waals surface area contributed by atoms with Gasteiger partial charge in [-0.3, -0.25) is 14.5 Å². The molecule has 1 aromatic rings. The van der Waals surface area contributed by atoms with Crippen molar-refractivity contribution in [1.82, 2.24) is 4.90 Å². The summed E-state index contributed by atoms with van der Waals surface area (Å²) in [7, 11) is 0. The van der Waals surface area contributed by atoms with Gasteiger partial charge in [-0.2, -0.15) is 0 Å². The van der Waals surface area contributed by atoms with E-state index < -0.39 is 0 Å². The van der Waals surface area contributed by atoms with Crippen LogP contribution in [0.3, 0.4) is 0 Å². The molecule has 2 amide bonds. The summed E-state index contributed by atoms with van der Waals surface area (Å²) >= 11 is 0. The van der Waals surface area contributed by atoms with E-state index in [1.54, 1.807) is 0 Å². The lowest BCUT2D eigenvalue weighted by molar-refractivity contribution is -0.139. The molecule has 0 fully saturated rings. The van der Waals surface area contributed by atoms with E-state index in [9.17, 15) is 9.59 Å². The first-order chi connectivity index (χ1) is 10.4. The van der Waals surface area contributed by atoms with E-state index in [-0.39, 0.29) is 17.9 Å². The number of rotatable bonds is 3. The molecule has 2 atom stereocenters. The molecule has 0 saturated heterocycles. The van der Waals surface area contributed by atoms with E-state index in [2.05, 4.69) is 45.9 Å². The summed E-state index contributed by atoms with van der Waals surface area (Å²) in [5, 5.41) is 0. The Balaban J connectivity index is 2.06. The number of hydrogen-bond acceptors (Lipinski definition) is 2. The molecule has 1 aliphatic heterocycles. The second-order valence-corrected chi connectivity index (χ2v) is 7.02. The molecule has 1 heterocycles. The zero-order valence-corrected chi connectivity index (χ0v) is 13.7. The van der Waals surface area contributed by atoms with Crippen LogP contribution < -0.4 is 0 Å². The maximum Gasteiger partial charge on any atom is 0.254 e. The Morgan fingerprint density at radius 3 is 2.18 bits per heavy atom. The number of benzene rings is 1. The van der Waals surface area contributed by atoms with Gasteiger partial charge in [0.2, 0.25) is 0 Å². The van der Waals surface area contributed by atoms with Gasteiger partial charge in [0.05, 0.1) is 6.04 Å². The summed E-state index contributed by atoms with van der Waals surface area (Å²) in [6.07, 6.45) is 3.61. The Kier molecular flexibility index (Phi) is 3.67. The van der Waals surface area contributed by atoms with Crippen LogP contribution in [0, 0.1) is 5.92 Å². The first-order valence-corrected chi connectivity index (χ1v) is 8.09. The monoisotopic (exact) mass is 297 g/mol. The van der Waals surface area contributed by atoms with E-state index in [0.29, 0.717) is 17.8 Å². The van der Waals surface area contributed by atoms with Crippen molar-refractivity contribution in [1.29, 1.82) is 0 Å². The van der Waals surface area contributed by atoms with Crippen LogP contribution in [0.1, 0.15) is 68.7 Å². The van der Waals surface area contributed by atoms with Gasteiger partial charge < -0.3 is 0 Å². The van der Waals surface area contributed by atoms with Crippen LogP contribution >= 0.6 is 0 Å². The predicted octanol–water partition coefficient (Wildman–Crippen LogP) is 3.92. The largest absolute Gasteiger partial charge is 0.269 e. The van der Waals surface area contributed by atoms with Gasteiger partial charge in [0.25, 0.3) is 11.8 Å². The first kappa shape index (κ1) is 15.0. The maximum atomic E-state index is 12.1. The Morgan fingerprint density at radius 1 is 1.00 bits per heavy atom. The highest BCUT2D eigenvalue weighted by Gasteiger charge is 2.41. The van der Waals surface area contributed by atoms with E-state index in [4.69, 9.17) is 0 Å². The minimum atomic E-state index is -0.180. The molecule has 3 nitrogen and oxygen atoms in total. The van der Waals surface area contributed by atoms with Crippen LogP contribution in [0.15, 0.2) is 30.4 Å². The molecule has 3 rings (SSSR count). The minimum absolute atomic E-state index is 0.115. The Labute approximate surface area is 132 Å². The Morgan fingerprint density at radius 2 is 1.64 bits per heavy atom. The van der Waals surface area contributed by atoms with Crippen molar-refractivity contribution in [2.45, 2.75) is 52.0 Å². The van der Waals surface area contributed by atoms with Crippen molar-refractivity contribution in [2.24, 2.45) is 5.92 Å². The number of carbonyl (C=O) groups is 2. The first-order valence-electron chi connectivity index (χ1n) is 8.09. The molecular formula is C19H23NO2. The number of fused-ring (bicyclic) bond motifs is 1. The molecule has 0 unspecified atom stereocenters. The van der Waals surface area contributed by atoms with Crippen LogP contribution in [-0.2, 0) is 9.59 Å². The molecule has 0 spiro atoms. The average molecular weight is 297 g/mol. The highest BCUT2D eigenvalue weighted by atomic mass is 16.2. The molecule has 0 aromatic heterocycles. The van der Waals surface area contributed by atoms with Crippen LogP contribution in [0.25, 0.3) is 0 Å². The lowest BCUT2D eigenvalue weighted by Crippen LogP contribution is -2.33. The molecule has 2 aliphatic rings. The van der Waals surface area contributed by atoms with Gasteiger partial charge in [-0.05, 0) is 40.9 Å². The third-order valence-electron chi connectivity index (χ3n) is 4.97. The molecule has 0 N–H and O–H groups in total. The fourth-order valence-electron chi connectivity index (χ4n) is 3.67.